The highest BCUT2D eigenvalue weighted by Gasteiger charge is 2.19. The molecule has 0 aromatic heterocycles. The molecule has 0 bridgehead atoms. The summed E-state index contributed by atoms with van der Waals surface area (Å²) < 4.78 is 5.74. The van der Waals surface area contributed by atoms with Crippen LogP contribution in [0.2, 0.25) is 0 Å². The molecule has 2 N–H and O–H groups in total. The summed E-state index contributed by atoms with van der Waals surface area (Å²) in [5.74, 6) is -0.0227. The van der Waals surface area contributed by atoms with Gasteiger partial charge < -0.3 is 15.2 Å². The molecule has 0 saturated heterocycles. The van der Waals surface area contributed by atoms with Crippen molar-refractivity contribution >= 4 is 5.97 Å². The maximum absolute atomic E-state index is 10.9. The zero-order valence-electron chi connectivity index (χ0n) is 12.1. The van der Waals surface area contributed by atoms with Gasteiger partial charge >= 0.3 is 5.97 Å². The van der Waals surface area contributed by atoms with Gasteiger partial charge in [0, 0.05) is 6.42 Å². The van der Waals surface area contributed by atoms with Gasteiger partial charge in [0.2, 0.25) is 0 Å². The van der Waals surface area contributed by atoms with Crippen LogP contribution in [-0.4, -0.2) is 30.8 Å². The van der Waals surface area contributed by atoms with Crippen molar-refractivity contribution in [2.45, 2.75) is 38.6 Å². The van der Waals surface area contributed by atoms with Crippen molar-refractivity contribution < 1.29 is 14.6 Å². The van der Waals surface area contributed by atoms with Gasteiger partial charge in [-0.15, -0.1) is 0 Å². The Morgan fingerprint density at radius 3 is 2.53 bits per heavy atom. The van der Waals surface area contributed by atoms with E-state index in [1.165, 1.54) is 0 Å². The SMILES string of the molecule is CNC(CCOc1ccccc1C(C)(C)C)C(=O)O. The topological polar surface area (TPSA) is 58.6 Å². The summed E-state index contributed by atoms with van der Waals surface area (Å²) in [5, 5.41) is 11.7. The standard InChI is InChI=1S/C15H23NO3/c1-15(2,3)11-7-5-6-8-13(11)19-10-9-12(16-4)14(17)18/h5-8,12,16H,9-10H2,1-4H3,(H,17,18). The van der Waals surface area contributed by atoms with Gasteiger partial charge in [-0.25, -0.2) is 0 Å². The van der Waals surface area contributed by atoms with Crippen LogP contribution in [-0.2, 0) is 10.2 Å². The van der Waals surface area contributed by atoms with Gasteiger partial charge in [-0.1, -0.05) is 39.0 Å². The van der Waals surface area contributed by atoms with Crippen LogP contribution in [0.1, 0.15) is 32.8 Å². The van der Waals surface area contributed by atoms with Crippen molar-refractivity contribution in [1.82, 2.24) is 5.32 Å². The number of aliphatic carboxylic acids is 1. The predicted molar refractivity (Wildman–Crippen MR) is 75.7 cm³/mol. The van der Waals surface area contributed by atoms with Crippen molar-refractivity contribution in [3.8, 4) is 5.75 Å². The second kappa shape index (κ2) is 6.57. The molecule has 0 heterocycles. The smallest absolute Gasteiger partial charge is 0.320 e. The molecule has 106 valence electrons. The molecule has 19 heavy (non-hydrogen) atoms. The third kappa shape index (κ3) is 4.56. The average Bonchev–Trinajstić information content (AvgIpc) is 2.33. The fourth-order valence-electron chi connectivity index (χ4n) is 1.89. The van der Waals surface area contributed by atoms with Crippen LogP contribution in [0.25, 0.3) is 0 Å². The van der Waals surface area contributed by atoms with Crippen LogP contribution in [0.5, 0.6) is 5.75 Å². The molecule has 0 radical (unpaired) electrons. The normalized spacial score (nSPS) is 13.1. The number of carboxylic acid groups (broad SMARTS) is 1. The van der Waals surface area contributed by atoms with Gasteiger partial charge in [0.1, 0.15) is 11.8 Å². The molecule has 0 saturated carbocycles. The summed E-state index contributed by atoms with van der Waals surface area (Å²) in [5.41, 5.74) is 1.14. The lowest BCUT2D eigenvalue weighted by atomic mass is 9.86. The van der Waals surface area contributed by atoms with E-state index in [1.807, 2.05) is 24.3 Å². The second-order valence-corrected chi connectivity index (χ2v) is 5.56. The first-order chi connectivity index (χ1) is 8.86. The monoisotopic (exact) mass is 265 g/mol. The maximum Gasteiger partial charge on any atom is 0.320 e. The van der Waals surface area contributed by atoms with Crippen molar-refractivity contribution in [2.75, 3.05) is 13.7 Å². The number of hydrogen-bond donors (Lipinski definition) is 2. The van der Waals surface area contributed by atoms with Gasteiger partial charge in [0.05, 0.1) is 6.61 Å². The van der Waals surface area contributed by atoms with Crippen molar-refractivity contribution in [2.24, 2.45) is 0 Å². The van der Waals surface area contributed by atoms with E-state index in [1.54, 1.807) is 7.05 Å². The summed E-state index contributed by atoms with van der Waals surface area (Å²) in [6.07, 6.45) is 0.435. The first-order valence-corrected chi connectivity index (χ1v) is 6.48. The Bertz CT molecular complexity index is 424. The molecule has 1 atom stereocenters. The first-order valence-electron chi connectivity index (χ1n) is 6.48. The molecular formula is C15H23NO3. The molecule has 1 unspecified atom stereocenters. The number of ether oxygens (including phenoxy) is 1. The number of benzene rings is 1. The lowest BCUT2D eigenvalue weighted by molar-refractivity contribution is -0.139. The van der Waals surface area contributed by atoms with Crippen LogP contribution >= 0.6 is 0 Å². The molecule has 0 aliphatic rings. The van der Waals surface area contributed by atoms with E-state index in [0.29, 0.717) is 13.0 Å². The Morgan fingerprint density at radius 1 is 1.37 bits per heavy atom. The Labute approximate surface area is 114 Å². The summed E-state index contributed by atoms with van der Waals surface area (Å²) in [7, 11) is 1.64. The van der Waals surface area contributed by atoms with Crippen molar-refractivity contribution in [3.05, 3.63) is 29.8 Å². The number of rotatable bonds is 6. The minimum Gasteiger partial charge on any atom is -0.493 e. The third-order valence-corrected chi connectivity index (χ3v) is 3.01. The van der Waals surface area contributed by atoms with Gasteiger partial charge in [-0.05, 0) is 24.1 Å². The zero-order valence-corrected chi connectivity index (χ0v) is 12.1. The maximum atomic E-state index is 10.9. The fraction of sp³-hybridized carbons (Fsp3) is 0.533. The minimum atomic E-state index is -0.852. The third-order valence-electron chi connectivity index (χ3n) is 3.01. The molecule has 1 rings (SSSR count). The first kappa shape index (κ1) is 15.5. The fourth-order valence-corrected chi connectivity index (χ4v) is 1.89. The highest BCUT2D eigenvalue weighted by atomic mass is 16.5. The summed E-state index contributed by atoms with van der Waals surface area (Å²) in [6, 6.07) is 7.32. The summed E-state index contributed by atoms with van der Waals surface area (Å²) >= 11 is 0. The largest absolute Gasteiger partial charge is 0.493 e. The highest BCUT2D eigenvalue weighted by Crippen LogP contribution is 2.30. The van der Waals surface area contributed by atoms with E-state index in [-0.39, 0.29) is 5.41 Å². The number of likely N-dealkylation sites (N-methyl/N-ethyl adjacent to an activating group) is 1. The lowest BCUT2D eigenvalue weighted by Crippen LogP contribution is -2.35. The van der Waals surface area contributed by atoms with E-state index in [0.717, 1.165) is 11.3 Å². The molecule has 1 aromatic carbocycles. The number of hydrogen-bond acceptors (Lipinski definition) is 3. The van der Waals surface area contributed by atoms with Crippen molar-refractivity contribution in [3.63, 3.8) is 0 Å². The van der Waals surface area contributed by atoms with E-state index >= 15 is 0 Å². The second-order valence-electron chi connectivity index (χ2n) is 5.56. The van der Waals surface area contributed by atoms with Crippen LogP contribution in [0.4, 0.5) is 0 Å². The Kier molecular flexibility index (Phi) is 5.36. The van der Waals surface area contributed by atoms with Gasteiger partial charge in [-0.2, -0.15) is 0 Å². The van der Waals surface area contributed by atoms with E-state index in [2.05, 4.69) is 26.1 Å². The Hall–Kier alpha value is -1.55. The van der Waals surface area contributed by atoms with E-state index in [9.17, 15) is 4.79 Å². The number of carbonyl (C=O) groups is 1. The molecule has 4 nitrogen and oxygen atoms in total. The van der Waals surface area contributed by atoms with E-state index < -0.39 is 12.0 Å². The van der Waals surface area contributed by atoms with Crippen LogP contribution in [0.3, 0.4) is 0 Å². The van der Waals surface area contributed by atoms with Crippen LogP contribution < -0.4 is 10.1 Å². The van der Waals surface area contributed by atoms with Gasteiger partial charge in [0.25, 0.3) is 0 Å². The van der Waals surface area contributed by atoms with Crippen LogP contribution in [0.15, 0.2) is 24.3 Å². The molecule has 1 aromatic rings. The average molecular weight is 265 g/mol. The Morgan fingerprint density at radius 2 is 2.00 bits per heavy atom. The predicted octanol–water partition coefficient (Wildman–Crippen LogP) is 2.43. The summed E-state index contributed by atoms with van der Waals surface area (Å²) in [4.78, 5) is 10.9. The molecule has 0 aliphatic carbocycles. The Balaban J connectivity index is 2.66. The molecule has 0 aliphatic heterocycles. The zero-order chi connectivity index (χ0) is 14.5. The molecule has 0 spiro atoms. The lowest BCUT2D eigenvalue weighted by Gasteiger charge is -2.23. The quantitative estimate of drug-likeness (QED) is 0.829. The van der Waals surface area contributed by atoms with Gasteiger partial charge in [0.15, 0.2) is 0 Å². The van der Waals surface area contributed by atoms with Crippen molar-refractivity contribution in [1.29, 1.82) is 0 Å². The van der Waals surface area contributed by atoms with Gasteiger partial charge in [-0.3, -0.25) is 4.79 Å². The molecule has 0 fully saturated rings. The number of carboxylic acids is 1. The molecule has 0 amide bonds. The summed E-state index contributed by atoms with van der Waals surface area (Å²) in [6.45, 7) is 6.76. The molecular weight excluding hydrogens is 242 g/mol. The minimum absolute atomic E-state index is 0.00575. The van der Waals surface area contributed by atoms with Crippen LogP contribution in [0, 0.1) is 0 Å². The number of para-hydroxylation sites is 1. The number of nitrogens with one attached hydrogen (secondary N) is 1. The van der Waals surface area contributed by atoms with E-state index in [4.69, 9.17) is 9.84 Å². The molecule has 4 heteroatoms. The highest BCUT2D eigenvalue weighted by molar-refractivity contribution is 5.73.